The minimum Gasteiger partial charge on any atom is -0.497 e. The second-order valence-electron chi connectivity index (χ2n) is 15.1. The smallest absolute Gasteiger partial charge is 0.259 e. The molecule has 1 aliphatic rings. The number of ether oxygens (including phenoxy) is 5. The molecule has 17 heteroatoms. The van der Waals surface area contributed by atoms with Gasteiger partial charge in [0.1, 0.15) is 47.3 Å². The van der Waals surface area contributed by atoms with Crippen LogP contribution in [0.1, 0.15) is 57.0 Å². The molecule has 16 nitrogen and oxygen atoms in total. The number of nitriles is 1. The van der Waals surface area contributed by atoms with E-state index in [1.54, 1.807) is 30.2 Å². The molecule has 0 saturated carbocycles. The molecular weight excluding hydrogens is 800 g/mol. The van der Waals surface area contributed by atoms with Crippen molar-refractivity contribution in [3.63, 3.8) is 0 Å². The Hall–Kier alpha value is -4.79. The van der Waals surface area contributed by atoms with E-state index in [1.165, 1.54) is 6.33 Å². The van der Waals surface area contributed by atoms with Crippen LogP contribution in [0.2, 0.25) is 0 Å². The Balaban J connectivity index is 1.50. The standard InChI is InChI=1S/C44H57N8O8P/c1-30(2)52(31(3)4)61(58-24-12-23-45)60-39-37(59-43(40(39)55-25-26-57-50(5)6)51-29-49-38-41(46)47-28-48-42(38)51)27-56-44(32-13-10-9-11-14-32,33-15-19-35(53-7)20-16-33)34-17-21-36(54-8)22-18-34/h9-11,13-22,28-31,37,39-40,43H,12,24-27H2,1-8H3,(H2,46,47,48)/t37-,39-,40-,43-,61?/m1/s1. The lowest BCUT2D eigenvalue weighted by Crippen LogP contribution is -2.43. The molecule has 3 aromatic carbocycles. The molecule has 6 rings (SSSR count). The van der Waals surface area contributed by atoms with E-state index >= 15 is 0 Å². The Morgan fingerprint density at radius 2 is 1.46 bits per heavy atom. The van der Waals surface area contributed by atoms with Gasteiger partial charge in [0, 0.05) is 26.2 Å². The highest BCUT2D eigenvalue weighted by Crippen LogP contribution is 2.51. The van der Waals surface area contributed by atoms with Crippen molar-refractivity contribution in [1.29, 1.82) is 5.26 Å². The summed E-state index contributed by atoms with van der Waals surface area (Å²) < 4.78 is 50.1. The lowest BCUT2D eigenvalue weighted by atomic mass is 9.80. The topological polar surface area (TPSA) is 174 Å². The van der Waals surface area contributed by atoms with Crippen molar-refractivity contribution in [3.05, 3.63) is 108 Å². The number of methoxy groups -OCH3 is 2. The van der Waals surface area contributed by atoms with Crippen LogP contribution in [0, 0.1) is 11.3 Å². The number of benzene rings is 3. The number of aromatic nitrogens is 4. The first-order valence-electron chi connectivity index (χ1n) is 20.3. The van der Waals surface area contributed by atoms with Crippen LogP contribution >= 0.6 is 8.53 Å². The Labute approximate surface area is 359 Å². The molecule has 5 atom stereocenters. The van der Waals surface area contributed by atoms with E-state index in [0.717, 1.165) is 16.7 Å². The predicted molar refractivity (Wildman–Crippen MR) is 231 cm³/mol. The van der Waals surface area contributed by atoms with Gasteiger partial charge in [-0.2, -0.15) is 10.3 Å². The molecular formula is C44H57N8O8P. The third-order valence-electron chi connectivity index (χ3n) is 10.2. The van der Waals surface area contributed by atoms with Gasteiger partial charge in [-0.05, 0) is 68.7 Å². The number of fused-ring (bicyclic) bond motifs is 1. The first-order valence-corrected chi connectivity index (χ1v) is 21.4. The number of imidazole rings is 1. The number of hydrogen-bond donors (Lipinski definition) is 1. The van der Waals surface area contributed by atoms with Crippen LogP contribution in [-0.4, -0.2) is 114 Å². The summed E-state index contributed by atoms with van der Waals surface area (Å²) in [5.74, 6) is 1.64. The monoisotopic (exact) mass is 856 g/mol. The van der Waals surface area contributed by atoms with Crippen LogP contribution in [0.4, 0.5) is 5.82 Å². The van der Waals surface area contributed by atoms with E-state index in [-0.39, 0.29) is 50.7 Å². The number of hydrogen-bond acceptors (Lipinski definition) is 15. The summed E-state index contributed by atoms with van der Waals surface area (Å²) in [5, 5.41) is 11.1. The highest BCUT2D eigenvalue weighted by Gasteiger charge is 2.51. The average molecular weight is 857 g/mol. The van der Waals surface area contributed by atoms with Crippen molar-refractivity contribution >= 4 is 25.5 Å². The fourth-order valence-corrected chi connectivity index (χ4v) is 9.28. The van der Waals surface area contributed by atoms with Crippen molar-refractivity contribution in [1.82, 2.24) is 29.3 Å². The minimum atomic E-state index is -1.78. The fraction of sp³-hybridized carbons (Fsp3) is 0.455. The summed E-state index contributed by atoms with van der Waals surface area (Å²) in [4.78, 5) is 19.1. The second-order valence-corrected chi connectivity index (χ2v) is 16.5. The zero-order valence-electron chi connectivity index (χ0n) is 36.1. The zero-order chi connectivity index (χ0) is 43.5. The normalized spacial score (nSPS) is 18.7. The Kier molecular flexibility index (Phi) is 16.0. The molecule has 0 amide bonds. The first kappa shape index (κ1) is 45.7. The molecule has 5 aromatic rings. The van der Waals surface area contributed by atoms with E-state index in [0.29, 0.717) is 22.7 Å². The number of hydroxylamine groups is 2. The van der Waals surface area contributed by atoms with Crippen LogP contribution in [-0.2, 0) is 33.7 Å². The van der Waals surface area contributed by atoms with E-state index in [1.807, 2.05) is 93.0 Å². The van der Waals surface area contributed by atoms with Crippen molar-refractivity contribution < 1.29 is 37.6 Å². The first-order chi connectivity index (χ1) is 29.5. The van der Waals surface area contributed by atoms with Gasteiger partial charge >= 0.3 is 0 Å². The Morgan fingerprint density at radius 1 is 0.836 bits per heavy atom. The van der Waals surface area contributed by atoms with Gasteiger partial charge in [0.2, 0.25) is 0 Å². The Bertz CT molecular complexity index is 2100. The van der Waals surface area contributed by atoms with E-state index in [9.17, 15) is 5.26 Å². The van der Waals surface area contributed by atoms with Crippen LogP contribution in [0.3, 0.4) is 0 Å². The maximum absolute atomic E-state index is 9.51. The third kappa shape index (κ3) is 10.5. The largest absolute Gasteiger partial charge is 0.497 e. The fourth-order valence-electron chi connectivity index (χ4n) is 7.51. The molecule has 2 N–H and O–H groups in total. The molecule has 1 fully saturated rings. The van der Waals surface area contributed by atoms with Crippen LogP contribution in [0.5, 0.6) is 11.5 Å². The van der Waals surface area contributed by atoms with Gasteiger partial charge in [-0.15, -0.1) is 0 Å². The summed E-state index contributed by atoms with van der Waals surface area (Å²) in [6, 6.07) is 28.0. The molecule has 1 aliphatic heterocycles. The number of nitrogen functional groups attached to an aromatic ring is 1. The zero-order valence-corrected chi connectivity index (χ0v) is 37.0. The van der Waals surface area contributed by atoms with E-state index in [4.69, 9.17) is 43.3 Å². The number of nitrogens with zero attached hydrogens (tertiary/aromatic N) is 7. The van der Waals surface area contributed by atoms with Crippen molar-refractivity contribution in [3.8, 4) is 17.6 Å². The summed E-state index contributed by atoms with van der Waals surface area (Å²) >= 11 is 0. The van der Waals surface area contributed by atoms with Gasteiger partial charge in [-0.3, -0.25) is 9.40 Å². The van der Waals surface area contributed by atoms with Gasteiger partial charge in [0.25, 0.3) is 8.53 Å². The molecule has 2 aromatic heterocycles. The highest BCUT2D eigenvalue weighted by atomic mass is 31.2. The molecule has 3 heterocycles. The molecule has 1 saturated heterocycles. The molecule has 0 bridgehead atoms. The molecule has 0 aliphatic carbocycles. The summed E-state index contributed by atoms with van der Waals surface area (Å²) in [5.41, 5.74) is 8.58. The van der Waals surface area contributed by atoms with Crippen LogP contribution in [0.15, 0.2) is 91.5 Å². The molecule has 0 spiro atoms. The maximum Gasteiger partial charge on any atom is 0.259 e. The van der Waals surface area contributed by atoms with Crippen LogP contribution < -0.4 is 15.2 Å². The van der Waals surface area contributed by atoms with Gasteiger partial charge in [0.05, 0.1) is 59.5 Å². The molecule has 61 heavy (non-hydrogen) atoms. The number of rotatable bonds is 22. The SMILES string of the molecule is COc1ccc(C(OC[C@H]2O[C@@H](n3cnc4c(N)ncnc43)[C@H](OCCON(C)C)[C@@H]2OP(OCCC#N)N(C(C)C)C(C)C)(c2ccccc2)c2ccc(OC)cc2)cc1. The lowest BCUT2D eigenvalue weighted by molar-refractivity contribution is -0.150. The summed E-state index contributed by atoms with van der Waals surface area (Å²) in [6.45, 7) is 8.99. The molecule has 1 unspecified atom stereocenters. The van der Waals surface area contributed by atoms with E-state index in [2.05, 4.69) is 53.4 Å². The van der Waals surface area contributed by atoms with Crippen molar-refractivity contribution in [2.45, 2.75) is 76.3 Å². The summed E-state index contributed by atoms with van der Waals surface area (Å²) in [6.07, 6.45) is 0.0389. The van der Waals surface area contributed by atoms with Gasteiger partial charge in [0.15, 0.2) is 17.7 Å². The summed E-state index contributed by atoms with van der Waals surface area (Å²) in [7, 11) is 5.12. The number of anilines is 1. The molecule has 0 radical (unpaired) electrons. The van der Waals surface area contributed by atoms with Crippen molar-refractivity contribution in [2.75, 3.05) is 60.5 Å². The predicted octanol–water partition coefficient (Wildman–Crippen LogP) is 6.87. The highest BCUT2D eigenvalue weighted by molar-refractivity contribution is 7.44. The van der Waals surface area contributed by atoms with Gasteiger partial charge in [-0.1, -0.05) is 54.6 Å². The van der Waals surface area contributed by atoms with Gasteiger partial charge in [-0.25, -0.2) is 19.6 Å². The van der Waals surface area contributed by atoms with Crippen molar-refractivity contribution in [2.24, 2.45) is 0 Å². The van der Waals surface area contributed by atoms with Crippen LogP contribution in [0.25, 0.3) is 11.2 Å². The Morgan fingerprint density at radius 3 is 2.03 bits per heavy atom. The van der Waals surface area contributed by atoms with E-state index < -0.39 is 38.7 Å². The van der Waals surface area contributed by atoms with Gasteiger partial charge < -0.3 is 38.5 Å². The second kappa shape index (κ2) is 21.3. The lowest BCUT2D eigenvalue weighted by Gasteiger charge is -2.39. The molecule has 326 valence electrons. The minimum absolute atomic E-state index is 0.0106. The maximum atomic E-state index is 9.51. The number of nitrogens with two attached hydrogens (primary N) is 1. The average Bonchev–Trinajstić information content (AvgIpc) is 3.84. The third-order valence-corrected chi connectivity index (χ3v) is 12.3. The quantitative estimate of drug-likeness (QED) is 0.0330.